The predicted octanol–water partition coefficient (Wildman–Crippen LogP) is 4.07. The van der Waals surface area contributed by atoms with Crippen LogP contribution in [-0.4, -0.2) is 17.3 Å². The van der Waals surface area contributed by atoms with E-state index in [1.165, 1.54) is 0 Å². The molecule has 1 unspecified atom stereocenters. The molecule has 1 aromatic rings. The number of carboxylic acid groups (broad SMARTS) is 1. The van der Waals surface area contributed by atoms with Crippen molar-refractivity contribution < 1.29 is 36.2 Å². The monoisotopic (exact) mass is 300 g/mol. The fourth-order valence-electron chi connectivity index (χ4n) is 1.71. The zero-order chi connectivity index (χ0) is 15.7. The van der Waals surface area contributed by atoms with Gasteiger partial charge in [-0.2, -0.15) is 26.3 Å². The first-order valence-corrected chi connectivity index (χ1v) is 5.41. The first-order chi connectivity index (χ1) is 8.94. The first kappa shape index (κ1) is 16.3. The van der Waals surface area contributed by atoms with Gasteiger partial charge in [-0.05, 0) is 17.7 Å². The average Bonchev–Trinajstić information content (AvgIpc) is 2.26. The van der Waals surface area contributed by atoms with E-state index in [9.17, 15) is 31.1 Å². The second-order valence-electron chi connectivity index (χ2n) is 4.27. The SMILES string of the molecule is C[C@H](C(C(=O)O)c1ccc(C(F)(F)F)cc1)C(F)(F)F. The van der Waals surface area contributed by atoms with Crippen LogP contribution in [0, 0.1) is 5.92 Å². The normalized spacial score (nSPS) is 15.8. The van der Waals surface area contributed by atoms with Gasteiger partial charge in [0.25, 0.3) is 0 Å². The van der Waals surface area contributed by atoms with Crippen molar-refractivity contribution in [2.75, 3.05) is 0 Å². The number of benzene rings is 1. The minimum Gasteiger partial charge on any atom is -0.481 e. The summed E-state index contributed by atoms with van der Waals surface area (Å²) in [4.78, 5) is 10.9. The molecule has 0 aliphatic carbocycles. The van der Waals surface area contributed by atoms with Crippen LogP contribution < -0.4 is 0 Å². The second kappa shape index (κ2) is 5.34. The van der Waals surface area contributed by atoms with Crippen molar-refractivity contribution in [3.05, 3.63) is 35.4 Å². The molecule has 0 aromatic heterocycles. The Balaban J connectivity index is 3.15. The Hall–Kier alpha value is -1.73. The molecule has 0 bridgehead atoms. The minimum absolute atomic E-state index is 0.324. The number of rotatable bonds is 3. The Bertz CT molecular complexity index is 474. The molecule has 0 aliphatic heterocycles. The van der Waals surface area contributed by atoms with E-state index in [0.29, 0.717) is 19.1 Å². The Labute approximate surface area is 110 Å². The highest BCUT2D eigenvalue weighted by Gasteiger charge is 2.45. The van der Waals surface area contributed by atoms with Crippen LogP contribution in [0.2, 0.25) is 0 Å². The Morgan fingerprint density at radius 2 is 1.50 bits per heavy atom. The summed E-state index contributed by atoms with van der Waals surface area (Å²) in [5.41, 5.74) is -1.37. The van der Waals surface area contributed by atoms with E-state index < -0.39 is 35.7 Å². The van der Waals surface area contributed by atoms with Crippen molar-refractivity contribution in [2.45, 2.75) is 25.2 Å². The number of halogens is 6. The zero-order valence-electron chi connectivity index (χ0n) is 10.1. The third kappa shape index (κ3) is 3.64. The first-order valence-electron chi connectivity index (χ1n) is 5.41. The van der Waals surface area contributed by atoms with E-state index in [4.69, 9.17) is 5.11 Å². The fraction of sp³-hybridized carbons (Fsp3) is 0.417. The highest BCUT2D eigenvalue weighted by molar-refractivity contribution is 5.76. The van der Waals surface area contributed by atoms with Crippen molar-refractivity contribution >= 4 is 5.97 Å². The molecule has 0 heterocycles. The molecule has 0 aliphatic rings. The quantitative estimate of drug-likeness (QED) is 0.854. The van der Waals surface area contributed by atoms with Crippen LogP contribution in [0.25, 0.3) is 0 Å². The summed E-state index contributed by atoms with van der Waals surface area (Å²) in [6.45, 7) is 0.677. The molecule has 1 aromatic carbocycles. The molecular formula is C12H10F6O2. The molecule has 0 spiro atoms. The van der Waals surface area contributed by atoms with Gasteiger partial charge < -0.3 is 5.11 Å². The van der Waals surface area contributed by atoms with Crippen LogP contribution >= 0.6 is 0 Å². The van der Waals surface area contributed by atoms with E-state index in [0.717, 1.165) is 12.1 Å². The largest absolute Gasteiger partial charge is 0.481 e. The maximum absolute atomic E-state index is 12.6. The van der Waals surface area contributed by atoms with Crippen LogP contribution in [0.1, 0.15) is 24.0 Å². The van der Waals surface area contributed by atoms with E-state index in [1.54, 1.807) is 0 Å². The Kier molecular flexibility index (Phi) is 4.36. The molecule has 2 atom stereocenters. The summed E-state index contributed by atoms with van der Waals surface area (Å²) in [7, 11) is 0. The van der Waals surface area contributed by atoms with E-state index in [-0.39, 0.29) is 5.56 Å². The topological polar surface area (TPSA) is 37.3 Å². The molecule has 1 rings (SSSR count). The van der Waals surface area contributed by atoms with Crippen molar-refractivity contribution in [2.24, 2.45) is 5.92 Å². The number of carbonyl (C=O) groups is 1. The maximum atomic E-state index is 12.6. The molecule has 0 fully saturated rings. The van der Waals surface area contributed by atoms with Gasteiger partial charge in [0.15, 0.2) is 0 Å². The van der Waals surface area contributed by atoms with Gasteiger partial charge in [-0.1, -0.05) is 19.1 Å². The van der Waals surface area contributed by atoms with Gasteiger partial charge in [-0.3, -0.25) is 4.79 Å². The van der Waals surface area contributed by atoms with E-state index >= 15 is 0 Å². The van der Waals surface area contributed by atoms with Crippen LogP contribution in [-0.2, 0) is 11.0 Å². The summed E-state index contributed by atoms with van der Waals surface area (Å²) in [6.07, 6.45) is -9.39. The van der Waals surface area contributed by atoms with E-state index in [1.807, 2.05) is 0 Å². The van der Waals surface area contributed by atoms with Crippen LogP contribution in [0.3, 0.4) is 0 Å². The molecular weight excluding hydrogens is 290 g/mol. The van der Waals surface area contributed by atoms with Crippen LogP contribution in [0.5, 0.6) is 0 Å². The number of alkyl halides is 6. The standard InChI is InChI=1S/C12H10F6O2/c1-6(11(13,14)15)9(10(19)20)7-2-4-8(5-3-7)12(16,17)18/h2-6,9H,1H3,(H,19,20)/t6-,9?/m1/s1. The lowest BCUT2D eigenvalue weighted by atomic mass is 9.86. The van der Waals surface area contributed by atoms with Crippen molar-refractivity contribution in [3.8, 4) is 0 Å². The van der Waals surface area contributed by atoms with Crippen molar-refractivity contribution in [1.82, 2.24) is 0 Å². The number of hydrogen-bond donors (Lipinski definition) is 1. The van der Waals surface area contributed by atoms with Crippen LogP contribution in [0.4, 0.5) is 26.3 Å². The second-order valence-corrected chi connectivity index (χ2v) is 4.27. The van der Waals surface area contributed by atoms with Gasteiger partial charge in [0.1, 0.15) is 0 Å². The van der Waals surface area contributed by atoms with Gasteiger partial charge in [0.05, 0.1) is 17.4 Å². The molecule has 0 saturated heterocycles. The number of hydrogen-bond acceptors (Lipinski definition) is 1. The number of carboxylic acids is 1. The summed E-state index contributed by atoms with van der Waals surface area (Å²) in [5.74, 6) is -5.90. The molecule has 112 valence electrons. The van der Waals surface area contributed by atoms with E-state index in [2.05, 4.69) is 0 Å². The third-order valence-electron chi connectivity index (χ3n) is 2.88. The van der Waals surface area contributed by atoms with Gasteiger partial charge in [-0.25, -0.2) is 0 Å². The molecule has 2 nitrogen and oxygen atoms in total. The predicted molar refractivity (Wildman–Crippen MR) is 57.0 cm³/mol. The summed E-state index contributed by atoms with van der Waals surface area (Å²) in [5, 5.41) is 8.87. The molecule has 20 heavy (non-hydrogen) atoms. The third-order valence-corrected chi connectivity index (χ3v) is 2.88. The highest BCUT2D eigenvalue weighted by Crippen LogP contribution is 2.38. The average molecular weight is 300 g/mol. The fourth-order valence-corrected chi connectivity index (χ4v) is 1.71. The minimum atomic E-state index is -4.76. The van der Waals surface area contributed by atoms with Gasteiger partial charge in [0, 0.05) is 0 Å². The van der Waals surface area contributed by atoms with Gasteiger partial charge in [-0.15, -0.1) is 0 Å². The lowest BCUT2D eigenvalue weighted by molar-refractivity contribution is -0.183. The molecule has 0 radical (unpaired) electrons. The molecule has 0 saturated carbocycles. The van der Waals surface area contributed by atoms with Crippen molar-refractivity contribution in [3.63, 3.8) is 0 Å². The Morgan fingerprint density at radius 3 is 1.80 bits per heavy atom. The lowest BCUT2D eigenvalue weighted by Gasteiger charge is -2.23. The maximum Gasteiger partial charge on any atom is 0.416 e. The molecule has 1 N–H and O–H groups in total. The summed E-state index contributed by atoms with van der Waals surface area (Å²) < 4.78 is 74.7. The zero-order valence-corrected chi connectivity index (χ0v) is 10.1. The summed E-state index contributed by atoms with van der Waals surface area (Å²) in [6, 6.07) is 2.64. The van der Waals surface area contributed by atoms with Gasteiger partial charge >= 0.3 is 18.3 Å². The van der Waals surface area contributed by atoms with Crippen molar-refractivity contribution in [1.29, 1.82) is 0 Å². The Morgan fingerprint density at radius 1 is 1.05 bits per heavy atom. The van der Waals surface area contributed by atoms with Gasteiger partial charge in [0.2, 0.25) is 0 Å². The molecule has 0 amide bonds. The smallest absolute Gasteiger partial charge is 0.416 e. The highest BCUT2D eigenvalue weighted by atomic mass is 19.4. The lowest BCUT2D eigenvalue weighted by Crippen LogP contribution is -2.31. The summed E-state index contributed by atoms with van der Waals surface area (Å²) >= 11 is 0. The van der Waals surface area contributed by atoms with Crippen LogP contribution in [0.15, 0.2) is 24.3 Å². The number of aliphatic carboxylic acids is 1. The molecule has 8 heteroatoms.